The fraction of sp³-hybridized carbons (Fsp3) is 0.111. The molecule has 0 atom stereocenters. The third kappa shape index (κ3) is 5.44. The van der Waals surface area contributed by atoms with E-state index in [0.29, 0.717) is 16.4 Å². The Morgan fingerprint density at radius 2 is 1.82 bits per heavy atom. The van der Waals surface area contributed by atoms with Crippen molar-refractivity contribution in [2.24, 2.45) is 5.73 Å². The molecule has 0 aliphatic carbocycles. The number of aromatic nitrogens is 1. The summed E-state index contributed by atoms with van der Waals surface area (Å²) in [4.78, 5) is 15.9. The van der Waals surface area contributed by atoms with Crippen LogP contribution in [0.2, 0.25) is 0 Å². The maximum atomic E-state index is 11.4. The number of carbonyl (C=O) groups is 1. The second-order valence-corrected chi connectivity index (χ2v) is 8.61. The third-order valence-corrected chi connectivity index (χ3v) is 5.12. The number of hydrogen-bond acceptors (Lipinski definition) is 6. The molecule has 10 heteroatoms. The lowest BCUT2D eigenvalue weighted by Crippen LogP contribution is -2.11. The lowest BCUT2D eigenvalue weighted by atomic mass is 10.1. The maximum absolute atomic E-state index is 11.4. The van der Waals surface area contributed by atoms with Gasteiger partial charge in [0.05, 0.1) is 11.9 Å². The Balaban J connectivity index is 0.00000280. The van der Waals surface area contributed by atoms with E-state index in [1.54, 1.807) is 36.4 Å². The van der Waals surface area contributed by atoms with Gasteiger partial charge in [-0.1, -0.05) is 18.2 Å². The van der Waals surface area contributed by atoms with Gasteiger partial charge in [0.25, 0.3) is 0 Å². The summed E-state index contributed by atoms with van der Waals surface area (Å²) in [5.41, 5.74) is 9.61. The van der Waals surface area contributed by atoms with Crippen molar-refractivity contribution in [3.05, 3.63) is 59.0 Å². The summed E-state index contributed by atoms with van der Waals surface area (Å²) in [6.45, 7) is 1.93. The fourth-order valence-electron chi connectivity index (χ4n) is 2.41. The molecule has 0 radical (unpaired) electrons. The van der Waals surface area contributed by atoms with Gasteiger partial charge in [0.2, 0.25) is 15.9 Å². The number of anilines is 3. The number of nitrogens with zero attached hydrogens (tertiary/aromatic N) is 1. The second-order valence-electron chi connectivity index (χ2n) is 6.01. The highest BCUT2D eigenvalue weighted by Crippen LogP contribution is 2.29. The number of sulfonamides is 1. The van der Waals surface area contributed by atoms with E-state index < -0.39 is 15.9 Å². The van der Waals surface area contributed by atoms with Gasteiger partial charge in [0.1, 0.15) is 0 Å². The minimum absolute atomic E-state index is 0. The minimum atomic E-state index is -3.31. The van der Waals surface area contributed by atoms with Crippen molar-refractivity contribution in [1.82, 2.24) is 4.98 Å². The number of thiazole rings is 1. The van der Waals surface area contributed by atoms with Gasteiger partial charge < -0.3 is 11.1 Å². The monoisotopic (exact) mass is 438 g/mol. The number of amides is 1. The number of aryl methyl sites for hydroxylation is 1. The van der Waals surface area contributed by atoms with Gasteiger partial charge in [0, 0.05) is 27.9 Å². The van der Waals surface area contributed by atoms with Crippen LogP contribution in [0.25, 0.3) is 11.3 Å². The predicted octanol–water partition coefficient (Wildman–Crippen LogP) is 3.75. The summed E-state index contributed by atoms with van der Waals surface area (Å²) in [5, 5.41) is 5.78. The summed E-state index contributed by atoms with van der Waals surface area (Å²) in [7, 11) is -3.31. The Bertz CT molecular complexity index is 1100. The van der Waals surface area contributed by atoms with E-state index in [1.807, 2.05) is 18.4 Å². The van der Waals surface area contributed by atoms with Crippen LogP contribution in [0.1, 0.15) is 15.9 Å². The van der Waals surface area contributed by atoms with Crippen LogP contribution in [0.5, 0.6) is 0 Å². The predicted molar refractivity (Wildman–Crippen MR) is 116 cm³/mol. The molecule has 0 saturated carbocycles. The van der Waals surface area contributed by atoms with Crippen LogP contribution >= 0.6 is 23.7 Å². The molecule has 3 rings (SSSR count). The van der Waals surface area contributed by atoms with Gasteiger partial charge >= 0.3 is 0 Å². The van der Waals surface area contributed by atoms with Crippen LogP contribution in [-0.4, -0.2) is 25.6 Å². The van der Waals surface area contributed by atoms with E-state index in [2.05, 4.69) is 15.0 Å². The smallest absolute Gasteiger partial charge is 0.248 e. The van der Waals surface area contributed by atoms with E-state index >= 15 is 0 Å². The Labute approximate surface area is 173 Å². The van der Waals surface area contributed by atoms with Crippen LogP contribution in [0.3, 0.4) is 0 Å². The molecule has 1 aromatic heterocycles. The molecule has 4 N–H and O–H groups in total. The van der Waals surface area contributed by atoms with E-state index in [1.165, 1.54) is 11.3 Å². The average Bonchev–Trinajstić information content (AvgIpc) is 3.04. The molecular formula is C18H19ClN4O3S2. The fourth-order valence-corrected chi connectivity index (χ4v) is 3.71. The summed E-state index contributed by atoms with van der Waals surface area (Å²) in [6.07, 6.45) is 1.11. The Kier molecular flexibility index (Phi) is 6.65. The van der Waals surface area contributed by atoms with Gasteiger partial charge in [-0.05, 0) is 36.8 Å². The number of nitrogens with two attached hydrogens (primary N) is 1. The lowest BCUT2D eigenvalue weighted by Gasteiger charge is -2.08. The molecule has 1 amide bonds. The molecule has 0 spiro atoms. The van der Waals surface area contributed by atoms with Gasteiger partial charge in [-0.3, -0.25) is 9.52 Å². The number of rotatable bonds is 6. The number of carbonyl (C=O) groups excluding carboxylic acids is 1. The van der Waals surface area contributed by atoms with E-state index in [9.17, 15) is 13.2 Å². The van der Waals surface area contributed by atoms with Crippen molar-refractivity contribution in [2.75, 3.05) is 16.3 Å². The largest absolute Gasteiger partial charge is 0.366 e. The van der Waals surface area contributed by atoms with Crippen molar-refractivity contribution < 1.29 is 13.2 Å². The SMILES string of the molecule is Cc1ccc(C(N)=O)cc1Nc1nc(-c2ccc(NS(C)(=O)=O)cc2)cs1.Cl. The first kappa shape index (κ1) is 21.7. The van der Waals surface area contributed by atoms with Gasteiger partial charge in [-0.2, -0.15) is 0 Å². The van der Waals surface area contributed by atoms with Crippen LogP contribution in [-0.2, 0) is 10.0 Å². The average molecular weight is 439 g/mol. The number of hydrogen-bond donors (Lipinski definition) is 3. The zero-order chi connectivity index (χ0) is 19.6. The molecule has 0 aliphatic heterocycles. The van der Waals surface area contributed by atoms with Gasteiger partial charge in [0.15, 0.2) is 5.13 Å². The standard InChI is InChI=1S/C18H18N4O3S2.ClH/c1-11-3-4-13(17(19)23)9-15(11)20-18-21-16(10-26-18)12-5-7-14(8-6-12)22-27(2,24)25;/h3-10,22H,1-2H3,(H2,19,23)(H,20,21);1H. The first-order valence-electron chi connectivity index (χ1n) is 7.92. The zero-order valence-corrected chi connectivity index (χ0v) is 17.5. The third-order valence-electron chi connectivity index (χ3n) is 3.75. The molecule has 3 aromatic rings. The maximum Gasteiger partial charge on any atom is 0.248 e. The molecule has 0 saturated heterocycles. The molecule has 0 unspecified atom stereocenters. The summed E-state index contributed by atoms with van der Waals surface area (Å²) >= 11 is 1.43. The molecule has 148 valence electrons. The van der Waals surface area contributed by atoms with E-state index in [4.69, 9.17) is 5.73 Å². The number of primary amides is 1. The van der Waals surface area contributed by atoms with Crippen molar-refractivity contribution in [3.63, 3.8) is 0 Å². The topological polar surface area (TPSA) is 114 Å². The highest BCUT2D eigenvalue weighted by atomic mass is 35.5. The van der Waals surface area contributed by atoms with Crippen molar-refractivity contribution in [2.45, 2.75) is 6.92 Å². The lowest BCUT2D eigenvalue weighted by molar-refractivity contribution is 0.100. The highest BCUT2D eigenvalue weighted by Gasteiger charge is 2.09. The minimum Gasteiger partial charge on any atom is -0.366 e. The van der Waals surface area contributed by atoms with Crippen molar-refractivity contribution >= 4 is 56.2 Å². The molecule has 7 nitrogen and oxygen atoms in total. The normalized spacial score (nSPS) is 10.8. The molecular weight excluding hydrogens is 420 g/mol. The summed E-state index contributed by atoms with van der Waals surface area (Å²) in [6, 6.07) is 12.2. The number of halogens is 1. The van der Waals surface area contributed by atoms with E-state index in [-0.39, 0.29) is 12.4 Å². The molecule has 28 heavy (non-hydrogen) atoms. The molecule has 0 aliphatic rings. The summed E-state index contributed by atoms with van der Waals surface area (Å²) < 4.78 is 25.0. The Morgan fingerprint density at radius 1 is 1.14 bits per heavy atom. The van der Waals surface area contributed by atoms with E-state index in [0.717, 1.165) is 28.8 Å². The molecule has 2 aromatic carbocycles. The highest BCUT2D eigenvalue weighted by molar-refractivity contribution is 7.92. The van der Waals surface area contributed by atoms with Crippen LogP contribution < -0.4 is 15.8 Å². The van der Waals surface area contributed by atoms with Gasteiger partial charge in [-0.25, -0.2) is 13.4 Å². The second kappa shape index (κ2) is 8.59. The van der Waals surface area contributed by atoms with Crippen molar-refractivity contribution in [3.8, 4) is 11.3 Å². The van der Waals surface area contributed by atoms with Gasteiger partial charge in [-0.15, -0.1) is 23.7 Å². The van der Waals surface area contributed by atoms with Crippen molar-refractivity contribution in [1.29, 1.82) is 0 Å². The molecule has 1 heterocycles. The first-order valence-corrected chi connectivity index (χ1v) is 10.7. The quantitative estimate of drug-likeness (QED) is 0.542. The molecule has 0 bridgehead atoms. The van der Waals surface area contributed by atoms with Crippen LogP contribution in [0.15, 0.2) is 47.8 Å². The zero-order valence-electron chi connectivity index (χ0n) is 15.1. The Hall–Kier alpha value is -2.62. The Morgan fingerprint density at radius 3 is 2.43 bits per heavy atom. The summed E-state index contributed by atoms with van der Waals surface area (Å²) in [5.74, 6) is -0.485. The number of benzene rings is 2. The first-order chi connectivity index (χ1) is 12.7. The van der Waals surface area contributed by atoms with Crippen LogP contribution in [0.4, 0.5) is 16.5 Å². The number of nitrogens with one attached hydrogen (secondary N) is 2. The van der Waals surface area contributed by atoms with Crippen LogP contribution in [0, 0.1) is 6.92 Å². The molecule has 0 fully saturated rings.